The molecule has 0 saturated heterocycles. The topological polar surface area (TPSA) is 64.3 Å². The first kappa shape index (κ1) is 14.5. The van der Waals surface area contributed by atoms with Gasteiger partial charge >= 0.3 is 0 Å². The van der Waals surface area contributed by atoms with Crippen molar-refractivity contribution in [2.75, 3.05) is 20.3 Å². The molecular formula is C13H26N2O2. The standard InChI is InChI=1S/C13H26N2O2/c1-13(2,9-17-3)15-12(16)11-7-5-4-6-10(11)8-14/h10-11H,4-9,14H2,1-3H3,(H,15,16). The molecule has 1 amide bonds. The van der Waals surface area contributed by atoms with Crippen molar-refractivity contribution < 1.29 is 9.53 Å². The molecule has 2 atom stereocenters. The minimum absolute atomic E-state index is 0.0879. The van der Waals surface area contributed by atoms with E-state index >= 15 is 0 Å². The van der Waals surface area contributed by atoms with Gasteiger partial charge < -0.3 is 15.8 Å². The van der Waals surface area contributed by atoms with Gasteiger partial charge in [0.05, 0.1) is 12.1 Å². The van der Waals surface area contributed by atoms with E-state index in [0.29, 0.717) is 19.1 Å². The molecule has 0 aliphatic heterocycles. The minimum Gasteiger partial charge on any atom is -0.382 e. The highest BCUT2D eigenvalue weighted by atomic mass is 16.5. The Labute approximate surface area is 104 Å². The molecule has 0 heterocycles. The Morgan fingerprint density at radius 3 is 2.65 bits per heavy atom. The largest absolute Gasteiger partial charge is 0.382 e. The lowest BCUT2D eigenvalue weighted by molar-refractivity contribution is -0.130. The SMILES string of the molecule is COCC(C)(C)NC(=O)C1CCCCC1CN. The van der Waals surface area contributed by atoms with Gasteiger partial charge in [0.25, 0.3) is 0 Å². The average Bonchev–Trinajstić information content (AvgIpc) is 2.28. The number of carbonyl (C=O) groups is 1. The van der Waals surface area contributed by atoms with Gasteiger partial charge in [-0.1, -0.05) is 12.8 Å². The van der Waals surface area contributed by atoms with Gasteiger partial charge in [-0.25, -0.2) is 0 Å². The van der Waals surface area contributed by atoms with Crippen LogP contribution in [0.15, 0.2) is 0 Å². The van der Waals surface area contributed by atoms with Crippen LogP contribution in [-0.4, -0.2) is 31.7 Å². The quantitative estimate of drug-likeness (QED) is 0.763. The van der Waals surface area contributed by atoms with Gasteiger partial charge in [-0.05, 0) is 39.2 Å². The van der Waals surface area contributed by atoms with E-state index in [4.69, 9.17) is 10.5 Å². The highest BCUT2D eigenvalue weighted by Crippen LogP contribution is 2.29. The van der Waals surface area contributed by atoms with Crippen molar-refractivity contribution in [1.29, 1.82) is 0 Å². The molecule has 1 aliphatic carbocycles. The maximum absolute atomic E-state index is 12.2. The monoisotopic (exact) mass is 242 g/mol. The zero-order chi connectivity index (χ0) is 12.9. The molecule has 1 saturated carbocycles. The van der Waals surface area contributed by atoms with Crippen LogP contribution >= 0.6 is 0 Å². The number of amides is 1. The molecule has 17 heavy (non-hydrogen) atoms. The van der Waals surface area contributed by atoms with Crippen molar-refractivity contribution in [1.82, 2.24) is 5.32 Å². The van der Waals surface area contributed by atoms with E-state index in [1.165, 1.54) is 6.42 Å². The molecule has 1 rings (SSSR count). The Morgan fingerprint density at radius 2 is 2.06 bits per heavy atom. The lowest BCUT2D eigenvalue weighted by atomic mass is 9.78. The van der Waals surface area contributed by atoms with Crippen molar-refractivity contribution >= 4 is 5.91 Å². The molecule has 0 aromatic heterocycles. The molecule has 4 nitrogen and oxygen atoms in total. The van der Waals surface area contributed by atoms with Gasteiger partial charge in [-0.3, -0.25) is 4.79 Å². The molecule has 0 spiro atoms. The number of rotatable bonds is 5. The molecule has 0 radical (unpaired) electrons. The van der Waals surface area contributed by atoms with Crippen LogP contribution in [0.3, 0.4) is 0 Å². The molecule has 0 aromatic carbocycles. The van der Waals surface area contributed by atoms with Crippen LogP contribution in [-0.2, 0) is 9.53 Å². The number of hydrogen-bond donors (Lipinski definition) is 2. The van der Waals surface area contributed by atoms with E-state index in [9.17, 15) is 4.79 Å². The second-order valence-corrected chi connectivity index (χ2v) is 5.69. The van der Waals surface area contributed by atoms with Crippen molar-refractivity contribution in [3.05, 3.63) is 0 Å². The van der Waals surface area contributed by atoms with Crippen LogP contribution in [0.5, 0.6) is 0 Å². The second-order valence-electron chi connectivity index (χ2n) is 5.69. The third-order valence-corrected chi connectivity index (χ3v) is 3.52. The molecule has 1 aliphatic rings. The molecular weight excluding hydrogens is 216 g/mol. The summed E-state index contributed by atoms with van der Waals surface area (Å²) in [6.07, 6.45) is 4.39. The van der Waals surface area contributed by atoms with Crippen molar-refractivity contribution in [2.24, 2.45) is 17.6 Å². The highest BCUT2D eigenvalue weighted by molar-refractivity contribution is 5.79. The van der Waals surface area contributed by atoms with Crippen LogP contribution in [0.1, 0.15) is 39.5 Å². The number of ether oxygens (including phenoxy) is 1. The lowest BCUT2D eigenvalue weighted by Crippen LogP contribution is -2.51. The third-order valence-electron chi connectivity index (χ3n) is 3.52. The van der Waals surface area contributed by atoms with Crippen LogP contribution < -0.4 is 11.1 Å². The number of hydrogen-bond acceptors (Lipinski definition) is 3. The normalized spacial score (nSPS) is 25.6. The maximum atomic E-state index is 12.2. The van der Waals surface area contributed by atoms with Gasteiger partial charge in [0, 0.05) is 13.0 Å². The van der Waals surface area contributed by atoms with E-state index in [0.717, 1.165) is 19.3 Å². The van der Waals surface area contributed by atoms with Crippen molar-refractivity contribution in [2.45, 2.75) is 45.1 Å². The number of nitrogens with two attached hydrogens (primary N) is 1. The van der Waals surface area contributed by atoms with Gasteiger partial charge in [0.1, 0.15) is 0 Å². The molecule has 100 valence electrons. The van der Waals surface area contributed by atoms with E-state index in [1.807, 2.05) is 13.8 Å². The fraction of sp³-hybridized carbons (Fsp3) is 0.923. The highest BCUT2D eigenvalue weighted by Gasteiger charge is 2.32. The van der Waals surface area contributed by atoms with Crippen molar-refractivity contribution in [3.63, 3.8) is 0 Å². The van der Waals surface area contributed by atoms with Crippen LogP contribution in [0.4, 0.5) is 0 Å². The summed E-state index contributed by atoms with van der Waals surface area (Å²) < 4.78 is 5.11. The molecule has 4 heteroatoms. The Bertz CT molecular complexity index is 254. The predicted molar refractivity (Wildman–Crippen MR) is 68.6 cm³/mol. The molecule has 3 N–H and O–H groups in total. The lowest BCUT2D eigenvalue weighted by Gasteiger charge is -2.33. The summed E-state index contributed by atoms with van der Waals surface area (Å²) in [4.78, 5) is 12.2. The summed E-state index contributed by atoms with van der Waals surface area (Å²) >= 11 is 0. The first-order valence-corrected chi connectivity index (χ1v) is 6.51. The van der Waals surface area contributed by atoms with Gasteiger partial charge in [-0.15, -0.1) is 0 Å². The maximum Gasteiger partial charge on any atom is 0.223 e. The number of methoxy groups -OCH3 is 1. The Hall–Kier alpha value is -0.610. The summed E-state index contributed by atoms with van der Waals surface area (Å²) in [5.74, 6) is 0.578. The summed E-state index contributed by atoms with van der Waals surface area (Å²) in [7, 11) is 1.65. The number of carbonyl (C=O) groups excluding carboxylic acids is 1. The van der Waals surface area contributed by atoms with E-state index in [2.05, 4.69) is 5.32 Å². The van der Waals surface area contributed by atoms with Crippen LogP contribution in [0.2, 0.25) is 0 Å². The fourth-order valence-corrected chi connectivity index (χ4v) is 2.66. The van der Waals surface area contributed by atoms with Crippen LogP contribution in [0, 0.1) is 11.8 Å². The molecule has 0 bridgehead atoms. The smallest absolute Gasteiger partial charge is 0.223 e. The van der Waals surface area contributed by atoms with Gasteiger partial charge in [-0.2, -0.15) is 0 Å². The first-order valence-electron chi connectivity index (χ1n) is 6.51. The van der Waals surface area contributed by atoms with E-state index < -0.39 is 0 Å². The van der Waals surface area contributed by atoms with Gasteiger partial charge in [0.15, 0.2) is 0 Å². The zero-order valence-corrected chi connectivity index (χ0v) is 11.3. The Morgan fingerprint density at radius 1 is 1.41 bits per heavy atom. The van der Waals surface area contributed by atoms with Gasteiger partial charge in [0.2, 0.25) is 5.91 Å². The van der Waals surface area contributed by atoms with Crippen molar-refractivity contribution in [3.8, 4) is 0 Å². The fourth-order valence-electron chi connectivity index (χ4n) is 2.66. The van der Waals surface area contributed by atoms with Crippen LogP contribution in [0.25, 0.3) is 0 Å². The first-order chi connectivity index (χ1) is 8.00. The van der Waals surface area contributed by atoms with E-state index in [1.54, 1.807) is 7.11 Å². The molecule has 1 fully saturated rings. The summed E-state index contributed by atoms with van der Waals surface area (Å²) in [6.45, 7) is 5.10. The van der Waals surface area contributed by atoms with E-state index in [-0.39, 0.29) is 17.4 Å². The number of nitrogens with one attached hydrogen (secondary N) is 1. The summed E-state index contributed by atoms with van der Waals surface area (Å²) in [5, 5.41) is 3.07. The average molecular weight is 242 g/mol. The Balaban J connectivity index is 2.55. The summed E-state index contributed by atoms with van der Waals surface area (Å²) in [6, 6.07) is 0. The Kier molecular flexibility index (Phi) is 5.40. The summed E-state index contributed by atoms with van der Waals surface area (Å²) in [5.41, 5.74) is 5.45. The zero-order valence-electron chi connectivity index (χ0n) is 11.3. The molecule has 2 unspecified atom stereocenters. The third kappa shape index (κ3) is 4.28. The second kappa shape index (κ2) is 6.36. The predicted octanol–water partition coefficient (Wildman–Crippen LogP) is 1.29. The minimum atomic E-state index is -0.303. The molecule has 0 aromatic rings.